The minimum atomic E-state index is 0.0952. The average Bonchev–Trinajstić information content (AvgIpc) is 3.13. The van der Waals surface area contributed by atoms with Crippen molar-refractivity contribution < 1.29 is 0 Å². The van der Waals surface area contributed by atoms with E-state index in [1.54, 1.807) is 0 Å². The van der Waals surface area contributed by atoms with E-state index in [2.05, 4.69) is 55.5 Å². The monoisotopic (exact) mass is 411 g/mol. The van der Waals surface area contributed by atoms with Gasteiger partial charge in [-0.05, 0) is 28.3 Å². The molecule has 0 fully saturated rings. The number of nitrogens with zero attached hydrogens (tertiary/aromatic N) is 1. The highest BCUT2D eigenvalue weighted by molar-refractivity contribution is 14.1. The Labute approximate surface area is 147 Å². The van der Waals surface area contributed by atoms with Crippen molar-refractivity contribution in [2.45, 2.75) is 0 Å². The van der Waals surface area contributed by atoms with Gasteiger partial charge in [-0.1, -0.05) is 71.2 Å². The maximum atomic E-state index is 12.8. The average molecular weight is 411 g/mol. The van der Waals surface area contributed by atoms with E-state index in [1.807, 2.05) is 48.5 Å². The van der Waals surface area contributed by atoms with Crippen LogP contribution < -0.4 is 5.43 Å². The van der Waals surface area contributed by atoms with E-state index in [4.69, 9.17) is 0 Å². The summed E-state index contributed by atoms with van der Waals surface area (Å²) in [4.78, 5) is 12.8. The topological polar surface area (TPSA) is 22.0 Å². The first-order valence-electron chi connectivity index (χ1n) is 7.49. The third-order valence-corrected chi connectivity index (χ3v) is 4.88. The van der Waals surface area contributed by atoms with Crippen LogP contribution in [0.1, 0.15) is 0 Å². The number of allylic oxidation sites excluding steroid dienone is 5. The molecule has 3 heteroatoms. The Balaban J connectivity index is 2.19. The fourth-order valence-electron chi connectivity index (χ4n) is 3.17. The van der Waals surface area contributed by atoms with Gasteiger partial charge >= 0.3 is 0 Å². The number of fused-ring (bicyclic) bond motifs is 2. The maximum absolute atomic E-state index is 12.8. The molecule has 4 rings (SSSR count). The predicted molar refractivity (Wildman–Crippen MR) is 106 cm³/mol. The molecular weight excluding hydrogens is 397 g/mol. The molecular formula is C20H14INO. The molecule has 0 amide bonds. The van der Waals surface area contributed by atoms with Gasteiger partial charge in [-0.15, -0.1) is 0 Å². The zero-order chi connectivity index (χ0) is 15.8. The van der Waals surface area contributed by atoms with Crippen LogP contribution in [-0.2, 0) is 0 Å². The van der Waals surface area contributed by atoms with Gasteiger partial charge in [-0.3, -0.25) is 4.79 Å². The van der Waals surface area contributed by atoms with Crippen LogP contribution >= 0.6 is 22.6 Å². The van der Waals surface area contributed by atoms with E-state index in [-0.39, 0.29) is 11.3 Å². The summed E-state index contributed by atoms with van der Waals surface area (Å²) in [5, 5.41) is 1.51. The minimum Gasteiger partial charge on any atom is -0.311 e. The van der Waals surface area contributed by atoms with Crippen LogP contribution in [0.2, 0.25) is 0 Å². The summed E-state index contributed by atoms with van der Waals surface area (Å²) in [6.07, 6.45) is 8.48. The highest BCUT2D eigenvalue weighted by atomic mass is 127. The molecule has 0 N–H and O–H groups in total. The Morgan fingerprint density at radius 3 is 1.96 bits per heavy atom. The lowest BCUT2D eigenvalue weighted by Gasteiger charge is -2.20. The summed E-state index contributed by atoms with van der Waals surface area (Å²) in [5.74, 6) is 0.223. The fourth-order valence-corrected chi connectivity index (χ4v) is 3.87. The molecule has 23 heavy (non-hydrogen) atoms. The van der Waals surface area contributed by atoms with Crippen LogP contribution in [0.3, 0.4) is 0 Å². The van der Waals surface area contributed by atoms with E-state index in [1.165, 1.54) is 0 Å². The second-order valence-electron chi connectivity index (χ2n) is 5.53. The number of pyridine rings is 1. The van der Waals surface area contributed by atoms with Crippen molar-refractivity contribution >= 4 is 50.1 Å². The summed E-state index contributed by atoms with van der Waals surface area (Å²) >= 11 is 2.29. The molecule has 3 aromatic rings. The van der Waals surface area contributed by atoms with E-state index in [9.17, 15) is 4.79 Å². The molecule has 112 valence electrons. The minimum absolute atomic E-state index is 0.0952. The van der Waals surface area contributed by atoms with E-state index in [0.717, 1.165) is 27.5 Å². The van der Waals surface area contributed by atoms with E-state index in [0.29, 0.717) is 0 Å². The van der Waals surface area contributed by atoms with Crippen LogP contribution in [0, 0.1) is 5.92 Å². The number of aromatic nitrogens is 1. The summed E-state index contributed by atoms with van der Waals surface area (Å²) in [5.41, 5.74) is 3.15. The number of hydrogen-bond acceptors (Lipinski definition) is 1. The third kappa shape index (κ3) is 2.27. The molecule has 0 bridgehead atoms. The zero-order valence-corrected chi connectivity index (χ0v) is 14.5. The van der Waals surface area contributed by atoms with Gasteiger partial charge in [0, 0.05) is 22.4 Å². The normalized spacial score (nSPS) is 15.1. The Kier molecular flexibility index (Phi) is 3.65. The molecule has 0 unspecified atom stereocenters. The van der Waals surface area contributed by atoms with Gasteiger partial charge in [0.05, 0.1) is 11.0 Å². The largest absolute Gasteiger partial charge is 0.311 e. The lowest BCUT2D eigenvalue weighted by atomic mass is 10.0. The lowest BCUT2D eigenvalue weighted by molar-refractivity contribution is 1.00. The maximum Gasteiger partial charge on any atom is 0.197 e. The van der Waals surface area contributed by atoms with Crippen molar-refractivity contribution in [1.29, 1.82) is 0 Å². The van der Waals surface area contributed by atoms with Crippen molar-refractivity contribution in [3.05, 3.63) is 87.1 Å². The first-order chi connectivity index (χ1) is 11.3. The third-order valence-electron chi connectivity index (χ3n) is 4.24. The van der Waals surface area contributed by atoms with Gasteiger partial charge in [0.25, 0.3) is 0 Å². The molecule has 0 saturated heterocycles. The Bertz CT molecular complexity index is 984. The van der Waals surface area contributed by atoms with E-state index >= 15 is 0 Å². The Morgan fingerprint density at radius 1 is 0.913 bits per heavy atom. The molecule has 0 saturated carbocycles. The molecule has 0 radical (unpaired) electrons. The fraction of sp³-hybridized carbons (Fsp3) is 0.0500. The number of halogens is 1. The Morgan fingerprint density at radius 2 is 1.43 bits per heavy atom. The van der Waals surface area contributed by atoms with Gasteiger partial charge in [-0.2, -0.15) is 0 Å². The van der Waals surface area contributed by atoms with Crippen LogP contribution in [0.4, 0.5) is 0 Å². The quantitative estimate of drug-likeness (QED) is 0.423. The van der Waals surface area contributed by atoms with Crippen LogP contribution in [0.15, 0.2) is 81.7 Å². The molecule has 0 atom stereocenters. The van der Waals surface area contributed by atoms with Gasteiger partial charge in [0.1, 0.15) is 0 Å². The van der Waals surface area contributed by atoms with Gasteiger partial charge < -0.3 is 4.57 Å². The zero-order valence-electron chi connectivity index (χ0n) is 12.3. The van der Waals surface area contributed by atoms with Crippen molar-refractivity contribution in [1.82, 2.24) is 4.57 Å². The molecule has 0 aliphatic heterocycles. The molecule has 2 aromatic carbocycles. The summed E-state index contributed by atoms with van der Waals surface area (Å²) in [6, 6.07) is 15.7. The summed E-state index contributed by atoms with van der Waals surface area (Å²) < 4.78 is 4.31. The van der Waals surface area contributed by atoms with E-state index < -0.39 is 0 Å². The SMILES string of the molecule is O=c1c2ccccc2n(/C(=C\I)C2C=CC=C2)c2ccccc12. The number of rotatable bonds is 2. The highest BCUT2D eigenvalue weighted by Crippen LogP contribution is 2.31. The van der Waals surface area contributed by atoms with Crippen molar-refractivity contribution in [2.24, 2.45) is 5.92 Å². The number of para-hydroxylation sites is 2. The van der Waals surface area contributed by atoms with Gasteiger partial charge in [0.2, 0.25) is 0 Å². The summed E-state index contributed by atoms with van der Waals surface area (Å²) in [7, 11) is 0. The lowest BCUT2D eigenvalue weighted by Crippen LogP contribution is -2.13. The molecule has 1 heterocycles. The molecule has 1 aromatic heterocycles. The first kappa shape index (κ1) is 14.5. The van der Waals surface area contributed by atoms with Crippen molar-refractivity contribution in [3.8, 4) is 0 Å². The first-order valence-corrected chi connectivity index (χ1v) is 8.74. The van der Waals surface area contributed by atoms with Gasteiger partial charge in [0.15, 0.2) is 5.43 Å². The second kappa shape index (κ2) is 5.81. The smallest absolute Gasteiger partial charge is 0.197 e. The molecule has 2 nitrogen and oxygen atoms in total. The Hall–Kier alpha value is -2.14. The second-order valence-corrected chi connectivity index (χ2v) is 6.15. The number of benzene rings is 2. The molecule has 1 aliphatic rings. The standard InChI is InChI=1S/C20H14INO/c21-13-19(14-7-1-2-8-14)22-17-11-5-3-9-15(17)20(23)16-10-4-6-12-18(16)22/h1-14H/b19-13-. The number of hydrogen-bond donors (Lipinski definition) is 0. The van der Waals surface area contributed by atoms with Crippen LogP contribution in [-0.4, -0.2) is 4.57 Å². The van der Waals surface area contributed by atoms with Crippen molar-refractivity contribution in [3.63, 3.8) is 0 Å². The predicted octanol–water partition coefficient (Wildman–Crippen LogP) is 5.13. The van der Waals surface area contributed by atoms with Crippen molar-refractivity contribution in [2.75, 3.05) is 0 Å². The van der Waals surface area contributed by atoms with Crippen LogP contribution in [0.5, 0.6) is 0 Å². The van der Waals surface area contributed by atoms with Crippen LogP contribution in [0.25, 0.3) is 27.5 Å². The highest BCUT2D eigenvalue weighted by Gasteiger charge is 2.17. The summed E-state index contributed by atoms with van der Waals surface area (Å²) in [6.45, 7) is 0. The van der Waals surface area contributed by atoms with Gasteiger partial charge in [-0.25, -0.2) is 0 Å². The molecule has 0 spiro atoms. The molecule has 1 aliphatic carbocycles.